The van der Waals surface area contributed by atoms with Gasteiger partial charge in [-0.2, -0.15) is 0 Å². The van der Waals surface area contributed by atoms with Crippen molar-refractivity contribution in [1.29, 1.82) is 0 Å². The summed E-state index contributed by atoms with van der Waals surface area (Å²) in [6.45, 7) is 4.21. The molecule has 110 valence electrons. The topological polar surface area (TPSA) is 63.2 Å². The fraction of sp³-hybridized carbons (Fsp3) is 0.250. The van der Waals surface area contributed by atoms with Gasteiger partial charge < -0.3 is 15.4 Å². The standard InChI is InChI=1S/C16H19N3O2/c1-11-6-7-17-9-13(11)10-18-14-4-5-15(19-12(2)20)16(8-14)21-3/h4-9,18H,10H2,1-3H3,(H,19,20). The minimum Gasteiger partial charge on any atom is -0.494 e. The van der Waals surface area contributed by atoms with E-state index in [4.69, 9.17) is 4.74 Å². The van der Waals surface area contributed by atoms with Crippen LogP contribution in [0, 0.1) is 6.92 Å². The van der Waals surface area contributed by atoms with E-state index in [9.17, 15) is 4.79 Å². The van der Waals surface area contributed by atoms with E-state index in [0.29, 0.717) is 18.0 Å². The van der Waals surface area contributed by atoms with Crippen LogP contribution in [0.25, 0.3) is 0 Å². The first kappa shape index (κ1) is 14.8. The maximum absolute atomic E-state index is 11.1. The Balaban J connectivity index is 2.11. The summed E-state index contributed by atoms with van der Waals surface area (Å²) in [6, 6.07) is 7.56. The molecule has 1 aromatic carbocycles. The summed E-state index contributed by atoms with van der Waals surface area (Å²) in [6.07, 6.45) is 3.63. The summed E-state index contributed by atoms with van der Waals surface area (Å²) in [4.78, 5) is 15.3. The molecule has 1 amide bonds. The van der Waals surface area contributed by atoms with Crippen LogP contribution in [0.2, 0.25) is 0 Å². The molecule has 0 aliphatic rings. The predicted octanol–water partition coefficient (Wildman–Crippen LogP) is 2.97. The molecule has 0 fully saturated rings. The second-order valence-corrected chi connectivity index (χ2v) is 4.75. The molecule has 0 saturated heterocycles. The third kappa shape index (κ3) is 3.95. The van der Waals surface area contributed by atoms with Crippen molar-refractivity contribution >= 4 is 17.3 Å². The molecule has 0 radical (unpaired) electrons. The molecule has 0 aliphatic heterocycles. The van der Waals surface area contributed by atoms with Crippen LogP contribution >= 0.6 is 0 Å². The average Bonchev–Trinajstić information content (AvgIpc) is 2.47. The summed E-state index contributed by atoms with van der Waals surface area (Å²) in [5, 5.41) is 6.06. The van der Waals surface area contributed by atoms with Gasteiger partial charge in [-0.25, -0.2) is 0 Å². The van der Waals surface area contributed by atoms with E-state index in [1.54, 1.807) is 13.3 Å². The lowest BCUT2D eigenvalue weighted by Gasteiger charge is -2.13. The molecule has 5 nitrogen and oxygen atoms in total. The lowest BCUT2D eigenvalue weighted by molar-refractivity contribution is -0.114. The number of nitrogens with one attached hydrogen (secondary N) is 2. The minimum atomic E-state index is -0.125. The molecule has 0 spiro atoms. The van der Waals surface area contributed by atoms with Gasteiger partial charge in [0.25, 0.3) is 0 Å². The molecule has 0 atom stereocenters. The van der Waals surface area contributed by atoms with Gasteiger partial charge in [0, 0.05) is 37.6 Å². The molecule has 21 heavy (non-hydrogen) atoms. The Bertz CT molecular complexity index is 641. The lowest BCUT2D eigenvalue weighted by atomic mass is 10.1. The number of pyridine rings is 1. The molecule has 0 aliphatic carbocycles. The van der Waals surface area contributed by atoms with Crippen LogP contribution < -0.4 is 15.4 Å². The monoisotopic (exact) mass is 285 g/mol. The number of ether oxygens (including phenoxy) is 1. The number of aromatic nitrogens is 1. The molecule has 1 heterocycles. The van der Waals surface area contributed by atoms with Gasteiger partial charge in [-0.3, -0.25) is 9.78 Å². The Morgan fingerprint density at radius 2 is 2.14 bits per heavy atom. The second kappa shape index (κ2) is 6.74. The summed E-state index contributed by atoms with van der Waals surface area (Å²) >= 11 is 0. The zero-order chi connectivity index (χ0) is 15.2. The van der Waals surface area contributed by atoms with Gasteiger partial charge in [0.1, 0.15) is 5.75 Å². The van der Waals surface area contributed by atoms with Crippen LogP contribution in [-0.2, 0) is 11.3 Å². The molecule has 2 N–H and O–H groups in total. The van der Waals surface area contributed by atoms with Gasteiger partial charge in [0.2, 0.25) is 5.91 Å². The number of hydrogen-bond donors (Lipinski definition) is 2. The third-order valence-corrected chi connectivity index (χ3v) is 3.14. The first-order chi connectivity index (χ1) is 10.1. The van der Waals surface area contributed by atoms with Gasteiger partial charge in [0.15, 0.2) is 0 Å². The number of methoxy groups -OCH3 is 1. The first-order valence-electron chi connectivity index (χ1n) is 6.69. The molecule has 1 aromatic heterocycles. The van der Waals surface area contributed by atoms with E-state index in [-0.39, 0.29) is 5.91 Å². The van der Waals surface area contributed by atoms with Crippen LogP contribution in [0.15, 0.2) is 36.7 Å². The van der Waals surface area contributed by atoms with Crippen molar-refractivity contribution in [2.24, 2.45) is 0 Å². The van der Waals surface area contributed by atoms with E-state index in [1.165, 1.54) is 12.5 Å². The second-order valence-electron chi connectivity index (χ2n) is 4.75. The van der Waals surface area contributed by atoms with Crippen molar-refractivity contribution in [2.45, 2.75) is 20.4 Å². The van der Waals surface area contributed by atoms with Gasteiger partial charge in [-0.1, -0.05) is 0 Å². The number of nitrogens with zero attached hydrogens (tertiary/aromatic N) is 1. The first-order valence-corrected chi connectivity index (χ1v) is 6.69. The van der Waals surface area contributed by atoms with Crippen molar-refractivity contribution in [1.82, 2.24) is 4.98 Å². The van der Waals surface area contributed by atoms with Crippen LogP contribution in [0.5, 0.6) is 5.75 Å². The SMILES string of the molecule is COc1cc(NCc2cnccc2C)ccc1NC(C)=O. The maximum atomic E-state index is 11.1. The fourth-order valence-corrected chi connectivity index (χ4v) is 1.97. The Hall–Kier alpha value is -2.56. The fourth-order valence-electron chi connectivity index (χ4n) is 1.97. The van der Waals surface area contributed by atoms with E-state index in [1.807, 2.05) is 30.5 Å². The van der Waals surface area contributed by atoms with E-state index >= 15 is 0 Å². The van der Waals surface area contributed by atoms with Gasteiger partial charge >= 0.3 is 0 Å². The summed E-state index contributed by atoms with van der Waals surface area (Å²) in [7, 11) is 1.58. The number of hydrogen-bond acceptors (Lipinski definition) is 4. The molecule has 0 saturated carbocycles. The molecule has 2 aromatic rings. The molecular weight excluding hydrogens is 266 g/mol. The lowest BCUT2D eigenvalue weighted by Crippen LogP contribution is -2.08. The quantitative estimate of drug-likeness (QED) is 0.886. The van der Waals surface area contributed by atoms with Crippen molar-refractivity contribution in [3.8, 4) is 5.75 Å². The number of aryl methyl sites for hydroxylation is 1. The number of anilines is 2. The predicted molar refractivity (Wildman–Crippen MR) is 83.6 cm³/mol. The van der Waals surface area contributed by atoms with Crippen molar-refractivity contribution < 1.29 is 9.53 Å². The highest BCUT2D eigenvalue weighted by Gasteiger charge is 2.06. The highest BCUT2D eigenvalue weighted by molar-refractivity contribution is 5.90. The molecular formula is C16H19N3O2. The summed E-state index contributed by atoms with van der Waals surface area (Å²) in [5.41, 5.74) is 3.92. The van der Waals surface area contributed by atoms with Crippen molar-refractivity contribution in [3.63, 3.8) is 0 Å². The summed E-state index contributed by atoms with van der Waals surface area (Å²) in [5.74, 6) is 0.498. The normalized spacial score (nSPS) is 10.0. The largest absolute Gasteiger partial charge is 0.494 e. The minimum absolute atomic E-state index is 0.125. The Morgan fingerprint density at radius 1 is 1.33 bits per heavy atom. The highest BCUT2D eigenvalue weighted by atomic mass is 16.5. The van der Waals surface area contributed by atoms with Crippen molar-refractivity contribution in [3.05, 3.63) is 47.8 Å². The average molecular weight is 285 g/mol. The van der Waals surface area contributed by atoms with E-state index < -0.39 is 0 Å². The van der Waals surface area contributed by atoms with Crippen LogP contribution in [0.4, 0.5) is 11.4 Å². The Kier molecular flexibility index (Phi) is 4.77. The Morgan fingerprint density at radius 3 is 2.81 bits per heavy atom. The number of carbonyl (C=O) groups is 1. The maximum Gasteiger partial charge on any atom is 0.221 e. The van der Waals surface area contributed by atoms with E-state index in [2.05, 4.69) is 22.5 Å². The van der Waals surface area contributed by atoms with E-state index in [0.717, 1.165) is 11.3 Å². The van der Waals surface area contributed by atoms with Crippen LogP contribution in [0.3, 0.4) is 0 Å². The number of benzene rings is 1. The van der Waals surface area contributed by atoms with Crippen LogP contribution in [-0.4, -0.2) is 18.0 Å². The van der Waals surface area contributed by atoms with Gasteiger partial charge in [0.05, 0.1) is 12.8 Å². The van der Waals surface area contributed by atoms with Crippen molar-refractivity contribution in [2.75, 3.05) is 17.7 Å². The third-order valence-electron chi connectivity index (χ3n) is 3.14. The van der Waals surface area contributed by atoms with Gasteiger partial charge in [-0.15, -0.1) is 0 Å². The van der Waals surface area contributed by atoms with Crippen LogP contribution in [0.1, 0.15) is 18.1 Å². The van der Waals surface area contributed by atoms with Gasteiger partial charge in [-0.05, 0) is 36.2 Å². The molecule has 5 heteroatoms. The number of amides is 1. The number of carbonyl (C=O) groups excluding carboxylic acids is 1. The molecule has 0 bridgehead atoms. The number of rotatable bonds is 5. The molecule has 0 unspecified atom stereocenters. The zero-order valence-corrected chi connectivity index (χ0v) is 12.4. The molecule has 2 rings (SSSR count). The highest BCUT2D eigenvalue weighted by Crippen LogP contribution is 2.28. The zero-order valence-electron chi connectivity index (χ0n) is 12.4. The smallest absolute Gasteiger partial charge is 0.221 e. The Labute approximate surface area is 124 Å². The summed E-state index contributed by atoms with van der Waals surface area (Å²) < 4.78 is 5.30.